The summed E-state index contributed by atoms with van der Waals surface area (Å²) in [5.41, 5.74) is 1.18. The van der Waals surface area contributed by atoms with Crippen LogP contribution in [0.15, 0.2) is 61.7 Å². The van der Waals surface area contributed by atoms with E-state index in [4.69, 9.17) is 4.74 Å². The molecule has 0 saturated carbocycles. The zero-order valence-electron chi connectivity index (χ0n) is 9.51. The highest BCUT2D eigenvalue weighted by Gasteiger charge is 2.00. The minimum Gasteiger partial charge on any atom is -0.370 e. The fourth-order valence-electron chi connectivity index (χ4n) is 1.34. The summed E-state index contributed by atoms with van der Waals surface area (Å²) in [6.07, 6.45) is 8.64. The van der Waals surface area contributed by atoms with Crippen LogP contribution in [-0.2, 0) is 4.74 Å². The van der Waals surface area contributed by atoms with E-state index in [-0.39, 0.29) is 6.10 Å². The van der Waals surface area contributed by atoms with E-state index in [1.807, 2.05) is 24.3 Å². The molecule has 0 heterocycles. The lowest BCUT2D eigenvalue weighted by Gasteiger charge is -2.10. The van der Waals surface area contributed by atoms with Crippen molar-refractivity contribution in [3.8, 4) is 0 Å². The normalized spacial score (nSPS) is 12.5. The van der Waals surface area contributed by atoms with Crippen molar-refractivity contribution in [3.05, 3.63) is 67.3 Å². The van der Waals surface area contributed by atoms with Crippen LogP contribution in [-0.4, -0.2) is 12.7 Å². The van der Waals surface area contributed by atoms with E-state index < -0.39 is 0 Å². The molecule has 0 aliphatic heterocycles. The van der Waals surface area contributed by atoms with E-state index in [2.05, 4.69) is 37.4 Å². The summed E-state index contributed by atoms with van der Waals surface area (Å²) in [4.78, 5) is 0. The molecule has 1 rings (SSSR count). The van der Waals surface area contributed by atoms with E-state index in [9.17, 15) is 0 Å². The van der Waals surface area contributed by atoms with E-state index in [0.29, 0.717) is 6.61 Å². The number of hydrogen-bond acceptors (Lipinski definition) is 1. The lowest BCUT2D eigenvalue weighted by atomic mass is 10.1. The highest BCUT2D eigenvalue weighted by atomic mass is 16.5. The Morgan fingerprint density at radius 2 is 1.88 bits per heavy atom. The van der Waals surface area contributed by atoms with Crippen LogP contribution in [0.4, 0.5) is 0 Å². The Morgan fingerprint density at radius 3 is 2.50 bits per heavy atom. The summed E-state index contributed by atoms with van der Waals surface area (Å²) in [5.74, 6) is 0. The SMILES string of the molecule is C=CCOC(/C=C/c1ccccc1)CC=C. The van der Waals surface area contributed by atoms with Crippen molar-refractivity contribution in [2.75, 3.05) is 6.61 Å². The van der Waals surface area contributed by atoms with Crippen LogP contribution >= 0.6 is 0 Å². The van der Waals surface area contributed by atoms with E-state index in [0.717, 1.165) is 6.42 Å². The molecule has 0 aliphatic rings. The molecule has 0 aliphatic carbocycles. The molecule has 0 saturated heterocycles. The van der Waals surface area contributed by atoms with Crippen LogP contribution in [0.5, 0.6) is 0 Å². The summed E-state index contributed by atoms with van der Waals surface area (Å²) in [7, 11) is 0. The van der Waals surface area contributed by atoms with Gasteiger partial charge in [0.2, 0.25) is 0 Å². The van der Waals surface area contributed by atoms with Gasteiger partial charge in [-0.3, -0.25) is 0 Å². The van der Waals surface area contributed by atoms with Gasteiger partial charge in [-0.05, 0) is 12.0 Å². The average molecular weight is 214 g/mol. The number of benzene rings is 1. The quantitative estimate of drug-likeness (QED) is 0.626. The Hall–Kier alpha value is -1.60. The van der Waals surface area contributed by atoms with Crippen LogP contribution in [0.2, 0.25) is 0 Å². The summed E-state index contributed by atoms with van der Waals surface area (Å²) < 4.78 is 5.58. The lowest BCUT2D eigenvalue weighted by Crippen LogP contribution is -2.08. The second-order valence-corrected chi connectivity index (χ2v) is 3.45. The molecule has 1 atom stereocenters. The standard InChI is InChI=1S/C15H18O/c1-3-8-15(16-13-4-2)12-11-14-9-6-5-7-10-14/h3-7,9-12,15H,1-2,8,13H2/b12-11+. The van der Waals surface area contributed by atoms with Gasteiger partial charge < -0.3 is 4.74 Å². The molecule has 0 radical (unpaired) electrons. The van der Waals surface area contributed by atoms with Crippen molar-refractivity contribution in [1.29, 1.82) is 0 Å². The molecule has 1 nitrogen and oxygen atoms in total. The third kappa shape index (κ3) is 4.76. The van der Waals surface area contributed by atoms with Crippen LogP contribution < -0.4 is 0 Å². The maximum absolute atomic E-state index is 5.58. The van der Waals surface area contributed by atoms with E-state index in [1.165, 1.54) is 5.56 Å². The van der Waals surface area contributed by atoms with Gasteiger partial charge in [0.25, 0.3) is 0 Å². The molecule has 1 aromatic carbocycles. The zero-order valence-corrected chi connectivity index (χ0v) is 9.51. The van der Waals surface area contributed by atoms with Crippen LogP contribution in [0.25, 0.3) is 6.08 Å². The van der Waals surface area contributed by atoms with Gasteiger partial charge in [-0.1, -0.05) is 54.6 Å². The number of hydrogen-bond donors (Lipinski definition) is 0. The van der Waals surface area contributed by atoms with Crippen molar-refractivity contribution >= 4 is 6.08 Å². The minimum atomic E-state index is 0.0794. The minimum absolute atomic E-state index is 0.0794. The topological polar surface area (TPSA) is 9.23 Å². The van der Waals surface area contributed by atoms with Crippen molar-refractivity contribution < 1.29 is 4.74 Å². The first kappa shape index (κ1) is 12.5. The summed E-state index contributed by atoms with van der Waals surface area (Å²) in [6, 6.07) is 10.2. The van der Waals surface area contributed by atoms with Gasteiger partial charge in [0.15, 0.2) is 0 Å². The van der Waals surface area contributed by atoms with Gasteiger partial charge in [0.1, 0.15) is 0 Å². The molecule has 0 N–H and O–H groups in total. The predicted octanol–water partition coefficient (Wildman–Crippen LogP) is 3.85. The molecule has 84 valence electrons. The fraction of sp³-hybridized carbons (Fsp3) is 0.200. The van der Waals surface area contributed by atoms with E-state index >= 15 is 0 Å². The summed E-state index contributed by atoms with van der Waals surface area (Å²) in [6.45, 7) is 7.93. The summed E-state index contributed by atoms with van der Waals surface area (Å²) >= 11 is 0. The number of ether oxygens (including phenoxy) is 1. The first-order valence-electron chi connectivity index (χ1n) is 5.43. The lowest BCUT2D eigenvalue weighted by molar-refractivity contribution is 0.112. The molecule has 1 heteroatoms. The molecule has 0 amide bonds. The maximum Gasteiger partial charge on any atom is 0.0797 e. The van der Waals surface area contributed by atoms with Crippen LogP contribution in [0.3, 0.4) is 0 Å². The van der Waals surface area contributed by atoms with Crippen molar-refractivity contribution in [2.24, 2.45) is 0 Å². The summed E-state index contributed by atoms with van der Waals surface area (Å²) in [5, 5.41) is 0. The Bertz CT molecular complexity index is 338. The Labute approximate surface area is 97.8 Å². The molecule has 0 bridgehead atoms. The first-order valence-corrected chi connectivity index (χ1v) is 5.43. The van der Waals surface area contributed by atoms with E-state index in [1.54, 1.807) is 6.08 Å². The average Bonchev–Trinajstić information content (AvgIpc) is 2.34. The first-order chi connectivity index (χ1) is 7.86. The maximum atomic E-state index is 5.58. The largest absolute Gasteiger partial charge is 0.370 e. The highest BCUT2D eigenvalue weighted by Crippen LogP contribution is 2.07. The molecule has 1 unspecified atom stereocenters. The fourth-order valence-corrected chi connectivity index (χ4v) is 1.34. The third-order valence-corrected chi connectivity index (χ3v) is 2.13. The monoisotopic (exact) mass is 214 g/mol. The molecular weight excluding hydrogens is 196 g/mol. The second-order valence-electron chi connectivity index (χ2n) is 3.45. The molecule has 16 heavy (non-hydrogen) atoms. The Balaban J connectivity index is 2.56. The van der Waals surface area contributed by atoms with Crippen molar-refractivity contribution in [3.63, 3.8) is 0 Å². The molecular formula is C15H18O. The van der Waals surface area contributed by atoms with Gasteiger partial charge in [-0.25, -0.2) is 0 Å². The third-order valence-electron chi connectivity index (χ3n) is 2.13. The van der Waals surface area contributed by atoms with Gasteiger partial charge >= 0.3 is 0 Å². The van der Waals surface area contributed by atoms with Crippen molar-refractivity contribution in [1.82, 2.24) is 0 Å². The Morgan fingerprint density at radius 1 is 1.12 bits per heavy atom. The molecule has 0 spiro atoms. The Kier molecular flexibility index (Phi) is 5.97. The molecule has 0 aromatic heterocycles. The van der Waals surface area contributed by atoms with Gasteiger partial charge in [0.05, 0.1) is 12.7 Å². The van der Waals surface area contributed by atoms with Crippen LogP contribution in [0.1, 0.15) is 12.0 Å². The predicted molar refractivity (Wildman–Crippen MR) is 70.2 cm³/mol. The van der Waals surface area contributed by atoms with Crippen LogP contribution in [0, 0.1) is 0 Å². The smallest absolute Gasteiger partial charge is 0.0797 e. The van der Waals surface area contributed by atoms with Gasteiger partial charge in [-0.15, -0.1) is 13.2 Å². The van der Waals surface area contributed by atoms with Crippen molar-refractivity contribution in [2.45, 2.75) is 12.5 Å². The molecule has 1 aromatic rings. The van der Waals surface area contributed by atoms with Gasteiger partial charge in [-0.2, -0.15) is 0 Å². The van der Waals surface area contributed by atoms with Gasteiger partial charge in [0, 0.05) is 0 Å². The zero-order chi connectivity index (χ0) is 11.6. The number of rotatable bonds is 7. The second kappa shape index (κ2) is 7.66. The highest BCUT2D eigenvalue weighted by molar-refractivity contribution is 5.49. The molecule has 0 fully saturated rings.